The summed E-state index contributed by atoms with van der Waals surface area (Å²) in [5, 5.41) is 8.74. The fourth-order valence-electron chi connectivity index (χ4n) is 1.49. The van der Waals surface area contributed by atoms with Gasteiger partial charge in [-0.05, 0) is 52.5 Å². The van der Waals surface area contributed by atoms with Crippen molar-refractivity contribution >= 4 is 20.0 Å². The minimum Gasteiger partial charge on any atom is -0.481 e. The second-order valence-corrected chi connectivity index (χ2v) is 8.09. The number of carboxylic acid groups (broad SMARTS) is 1. The summed E-state index contributed by atoms with van der Waals surface area (Å²) in [4.78, 5) is 22.7. The Morgan fingerprint density at radius 2 is 1.62 bits per heavy atom. The highest BCUT2D eigenvalue weighted by atomic mass is 31.1. The molecule has 1 N–H and O–H groups in total. The molecule has 0 spiro atoms. The van der Waals surface area contributed by atoms with E-state index in [2.05, 4.69) is 0 Å². The average molecular weight is 321 g/mol. The predicted octanol–water partition coefficient (Wildman–Crippen LogP) is 3.37. The summed E-state index contributed by atoms with van der Waals surface area (Å²) in [6.07, 6.45) is -0.129. The molecule has 0 aliphatic rings. The molecule has 0 aromatic carbocycles. The van der Waals surface area contributed by atoms with Gasteiger partial charge in [-0.2, -0.15) is 0 Å². The summed E-state index contributed by atoms with van der Waals surface area (Å²) in [6.45, 7) is 10.5. The summed E-state index contributed by atoms with van der Waals surface area (Å²) < 4.78 is 22.5. The number of esters is 1. The number of aliphatic carboxylic acids is 1. The Morgan fingerprint density at radius 1 is 1.10 bits per heavy atom. The van der Waals surface area contributed by atoms with Crippen LogP contribution < -0.4 is 0 Å². The lowest BCUT2D eigenvalue weighted by molar-refractivity contribution is -0.159. The molecule has 2 unspecified atom stereocenters. The van der Waals surface area contributed by atoms with Crippen LogP contribution >= 0.6 is 8.03 Å². The van der Waals surface area contributed by atoms with Crippen LogP contribution in [-0.2, 0) is 23.4 Å². The van der Waals surface area contributed by atoms with E-state index in [0.29, 0.717) is 0 Å². The Kier molecular flexibility index (Phi) is 7.48. The molecule has 0 aliphatic carbocycles. The van der Waals surface area contributed by atoms with Gasteiger partial charge in [-0.1, -0.05) is 0 Å². The van der Waals surface area contributed by atoms with Crippen molar-refractivity contribution in [2.75, 3.05) is 6.16 Å². The van der Waals surface area contributed by atoms with Gasteiger partial charge in [0.2, 0.25) is 0 Å². The zero-order valence-electron chi connectivity index (χ0n) is 13.6. The normalized spacial score (nSPS) is 14.5. The van der Waals surface area contributed by atoms with E-state index in [0.717, 1.165) is 0 Å². The largest absolute Gasteiger partial charge is 0.509 e. The van der Waals surface area contributed by atoms with Gasteiger partial charge < -0.3 is 9.84 Å². The molecule has 0 saturated heterocycles. The molecular weight excluding hydrogens is 295 g/mol. The molecular formula is C14H26O6P+. The molecule has 0 aliphatic heterocycles. The quantitative estimate of drug-likeness (QED) is 0.571. The zero-order chi connectivity index (χ0) is 16.8. The third-order valence-corrected chi connectivity index (χ3v) is 3.68. The van der Waals surface area contributed by atoms with Crippen molar-refractivity contribution in [3.8, 4) is 0 Å². The second kappa shape index (κ2) is 7.85. The minimum atomic E-state index is -2.06. The lowest BCUT2D eigenvalue weighted by Gasteiger charge is -2.22. The van der Waals surface area contributed by atoms with E-state index in [-0.39, 0.29) is 19.0 Å². The van der Waals surface area contributed by atoms with E-state index in [1.807, 2.05) is 0 Å². The van der Waals surface area contributed by atoms with Crippen LogP contribution in [-0.4, -0.2) is 34.4 Å². The predicted molar refractivity (Wildman–Crippen MR) is 79.5 cm³/mol. The molecule has 0 bridgehead atoms. The highest BCUT2D eigenvalue weighted by molar-refractivity contribution is 7.39. The maximum Gasteiger partial charge on any atom is 0.509 e. The standard InChI is InChI=1S/C14H25O6P/c1-13(2,3)19-12(17)10(7-8-11(15)16)9-21(18)20-14(4,5)6/h10H,7-9H2,1-6H3/p+1. The first kappa shape index (κ1) is 20.0. The van der Waals surface area contributed by atoms with Crippen LogP contribution in [0.4, 0.5) is 0 Å². The van der Waals surface area contributed by atoms with Gasteiger partial charge in [0.25, 0.3) is 0 Å². The molecule has 0 aromatic heterocycles. The number of carbonyl (C=O) groups excluding carboxylic acids is 1. The SMILES string of the molecule is CC(C)(C)OC(=O)C(CCC(=O)O)C[P+](=O)OC(C)(C)C. The van der Waals surface area contributed by atoms with Gasteiger partial charge in [0.15, 0.2) is 6.16 Å². The van der Waals surface area contributed by atoms with Crippen LogP contribution in [0.15, 0.2) is 0 Å². The first-order valence-electron chi connectivity index (χ1n) is 6.88. The molecule has 2 atom stereocenters. The van der Waals surface area contributed by atoms with Crippen molar-refractivity contribution in [3.05, 3.63) is 0 Å². The summed E-state index contributed by atoms with van der Waals surface area (Å²) in [5.41, 5.74) is -1.26. The maximum absolute atomic E-state index is 12.1. The van der Waals surface area contributed by atoms with Crippen LogP contribution in [0.25, 0.3) is 0 Å². The Morgan fingerprint density at radius 3 is 2.00 bits per heavy atom. The van der Waals surface area contributed by atoms with Crippen LogP contribution in [0, 0.1) is 5.92 Å². The summed E-state index contributed by atoms with van der Waals surface area (Å²) in [6, 6.07) is 0. The minimum absolute atomic E-state index is 0.0329. The van der Waals surface area contributed by atoms with Crippen LogP contribution in [0.1, 0.15) is 54.4 Å². The van der Waals surface area contributed by atoms with Gasteiger partial charge >= 0.3 is 20.0 Å². The number of carboxylic acids is 1. The zero-order valence-corrected chi connectivity index (χ0v) is 14.5. The molecule has 0 fully saturated rings. The number of ether oxygens (including phenoxy) is 1. The van der Waals surface area contributed by atoms with Crippen molar-refractivity contribution < 1.29 is 28.5 Å². The first-order valence-corrected chi connectivity index (χ1v) is 8.25. The Labute approximate surface area is 127 Å². The summed E-state index contributed by atoms with van der Waals surface area (Å²) in [5.74, 6) is -2.29. The topological polar surface area (TPSA) is 89.9 Å². The van der Waals surface area contributed by atoms with Crippen molar-refractivity contribution in [1.29, 1.82) is 0 Å². The summed E-state index contributed by atoms with van der Waals surface area (Å²) in [7, 11) is -2.06. The fraction of sp³-hybridized carbons (Fsp3) is 0.857. The van der Waals surface area contributed by atoms with Gasteiger partial charge in [-0.3, -0.25) is 9.59 Å². The second-order valence-electron chi connectivity index (χ2n) is 6.88. The molecule has 21 heavy (non-hydrogen) atoms. The lowest BCUT2D eigenvalue weighted by atomic mass is 10.1. The summed E-state index contributed by atoms with van der Waals surface area (Å²) >= 11 is 0. The molecule has 0 radical (unpaired) electrons. The number of hydrogen-bond donors (Lipinski definition) is 1. The van der Waals surface area contributed by atoms with E-state index < -0.39 is 37.1 Å². The third-order valence-electron chi connectivity index (χ3n) is 2.19. The van der Waals surface area contributed by atoms with Gasteiger partial charge in [-0.25, -0.2) is 0 Å². The Bertz CT molecular complexity index is 391. The third kappa shape index (κ3) is 11.3. The van der Waals surface area contributed by atoms with Crippen LogP contribution in [0.3, 0.4) is 0 Å². The average Bonchev–Trinajstić information content (AvgIpc) is 2.18. The maximum atomic E-state index is 12.1. The molecule has 0 saturated carbocycles. The lowest BCUT2D eigenvalue weighted by Crippen LogP contribution is -2.30. The molecule has 0 rings (SSSR count). The molecule has 0 amide bonds. The van der Waals surface area contributed by atoms with Gasteiger partial charge in [0.05, 0.1) is 0 Å². The van der Waals surface area contributed by atoms with Gasteiger partial charge in [0, 0.05) is 6.42 Å². The van der Waals surface area contributed by atoms with Crippen molar-refractivity contribution in [3.63, 3.8) is 0 Å². The van der Waals surface area contributed by atoms with Crippen molar-refractivity contribution in [2.24, 2.45) is 5.92 Å². The van der Waals surface area contributed by atoms with E-state index >= 15 is 0 Å². The van der Waals surface area contributed by atoms with Crippen molar-refractivity contribution in [2.45, 2.75) is 65.6 Å². The smallest absolute Gasteiger partial charge is 0.481 e. The molecule has 7 heteroatoms. The molecule has 0 aromatic rings. The van der Waals surface area contributed by atoms with E-state index in [4.69, 9.17) is 14.4 Å². The monoisotopic (exact) mass is 321 g/mol. The van der Waals surface area contributed by atoms with Gasteiger partial charge in [-0.15, -0.1) is 4.52 Å². The Hall–Kier alpha value is -1.00. The van der Waals surface area contributed by atoms with E-state index in [9.17, 15) is 14.2 Å². The van der Waals surface area contributed by atoms with E-state index in [1.54, 1.807) is 41.5 Å². The molecule has 6 nitrogen and oxygen atoms in total. The van der Waals surface area contributed by atoms with Gasteiger partial charge in [0.1, 0.15) is 17.1 Å². The van der Waals surface area contributed by atoms with Crippen LogP contribution in [0.5, 0.6) is 0 Å². The number of carbonyl (C=O) groups is 2. The highest BCUT2D eigenvalue weighted by Crippen LogP contribution is 2.34. The van der Waals surface area contributed by atoms with E-state index in [1.165, 1.54) is 0 Å². The first-order chi connectivity index (χ1) is 9.30. The highest BCUT2D eigenvalue weighted by Gasteiger charge is 2.36. The Balaban J connectivity index is 4.77. The van der Waals surface area contributed by atoms with Crippen molar-refractivity contribution in [1.82, 2.24) is 0 Å². The number of rotatable bonds is 7. The molecule has 0 heterocycles. The number of hydrogen-bond acceptors (Lipinski definition) is 5. The van der Waals surface area contributed by atoms with Crippen LogP contribution in [0.2, 0.25) is 0 Å². The fourth-order valence-corrected chi connectivity index (χ4v) is 2.87. The molecule has 122 valence electrons.